The Balaban J connectivity index is 2.40. The van der Waals surface area contributed by atoms with Crippen molar-refractivity contribution in [1.29, 1.82) is 0 Å². The van der Waals surface area contributed by atoms with Gasteiger partial charge in [-0.15, -0.1) is 0 Å². The Morgan fingerprint density at radius 2 is 2.17 bits per heavy atom. The molecule has 0 heterocycles. The van der Waals surface area contributed by atoms with E-state index < -0.39 is 0 Å². The fraction of sp³-hybridized carbons (Fsp3) is 0.500. The van der Waals surface area contributed by atoms with Gasteiger partial charge in [-0.1, -0.05) is 19.1 Å². The molecule has 0 fully saturated rings. The van der Waals surface area contributed by atoms with Crippen molar-refractivity contribution in [2.24, 2.45) is 5.73 Å². The van der Waals surface area contributed by atoms with Gasteiger partial charge in [0.25, 0.3) is 0 Å². The largest absolute Gasteiger partial charge is 0.356 e. The van der Waals surface area contributed by atoms with Crippen molar-refractivity contribution >= 4 is 5.91 Å². The molecule has 0 spiro atoms. The Hall–Kier alpha value is -1.42. The molecule has 4 heteroatoms. The average Bonchev–Trinajstić information content (AvgIpc) is 2.28. The lowest BCUT2D eigenvalue weighted by molar-refractivity contribution is -0.121. The van der Waals surface area contributed by atoms with Crippen LogP contribution in [0.3, 0.4) is 0 Å². The number of hydrogen-bond acceptors (Lipinski definition) is 2. The minimum Gasteiger partial charge on any atom is -0.356 e. The molecule has 3 N–H and O–H groups in total. The van der Waals surface area contributed by atoms with Crippen molar-refractivity contribution in [2.75, 3.05) is 6.54 Å². The van der Waals surface area contributed by atoms with E-state index in [1.54, 1.807) is 6.07 Å². The minimum absolute atomic E-state index is 0.0102. The summed E-state index contributed by atoms with van der Waals surface area (Å²) in [5, 5.41) is 2.82. The number of benzene rings is 1. The van der Waals surface area contributed by atoms with E-state index in [0.717, 1.165) is 12.0 Å². The number of amides is 1. The highest BCUT2D eigenvalue weighted by atomic mass is 19.1. The molecule has 0 aliphatic rings. The summed E-state index contributed by atoms with van der Waals surface area (Å²) < 4.78 is 13.0. The molecule has 0 aliphatic carbocycles. The summed E-state index contributed by atoms with van der Waals surface area (Å²) in [5.74, 6) is -0.278. The van der Waals surface area contributed by atoms with Gasteiger partial charge in [-0.25, -0.2) is 4.39 Å². The predicted octanol–water partition coefficient (Wildman–Crippen LogP) is 2.17. The van der Waals surface area contributed by atoms with Crippen molar-refractivity contribution in [2.45, 2.75) is 38.6 Å². The van der Waals surface area contributed by atoms with Crippen molar-refractivity contribution in [3.8, 4) is 0 Å². The first-order valence-electron chi connectivity index (χ1n) is 6.26. The van der Waals surface area contributed by atoms with Crippen LogP contribution in [0.25, 0.3) is 0 Å². The second-order valence-electron chi connectivity index (χ2n) is 4.78. The number of nitrogens with two attached hydrogens (primary N) is 1. The van der Waals surface area contributed by atoms with Gasteiger partial charge in [0, 0.05) is 19.0 Å². The highest BCUT2D eigenvalue weighted by molar-refractivity contribution is 5.76. The molecule has 3 nitrogen and oxygen atoms in total. The zero-order chi connectivity index (χ0) is 13.5. The molecule has 18 heavy (non-hydrogen) atoms. The van der Waals surface area contributed by atoms with Gasteiger partial charge in [0.1, 0.15) is 5.82 Å². The van der Waals surface area contributed by atoms with E-state index in [1.165, 1.54) is 12.1 Å². The first-order valence-corrected chi connectivity index (χ1v) is 6.26. The standard InChI is InChI=1S/C14H21FN2O/c1-10(12-4-3-5-13(15)9-12)8-14(18)17-7-6-11(2)16/h3-5,9-11H,6-8,16H2,1-2H3,(H,17,18). The number of carbonyl (C=O) groups excluding carboxylic acids is 1. The van der Waals surface area contributed by atoms with Gasteiger partial charge in [-0.3, -0.25) is 4.79 Å². The van der Waals surface area contributed by atoms with E-state index in [-0.39, 0.29) is 23.7 Å². The maximum atomic E-state index is 13.0. The molecule has 0 radical (unpaired) electrons. The van der Waals surface area contributed by atoms with Crippen LogP contribution in [-0.2, 0) is 4.79 Å². The third-order valence-corrected chi connectivity index (χ3v) is 2.83. The molecule has 2 unspecified atom stereocenters. The van der Waals surface area contributed by atoms with Gasteiger partial charge >= 0.3 is 0 Å². The van der Waals surface area contributed by atoms with Gasteiger partial charge in [-0.2, -0.15) is 0 Å². The zero-order valence-electron chi connectivity index (χ0n) is 10.9. The van der Waals surface area contributed by atoms with Crippen LogP contribution in [0.2, 0.25) is 0 Å². The molecule has 1 rings (SSSR count). The lowest BCUT2D eigenvalue weighted by atomic mass is 9.97. The summed E-state index contributed by atoms with van der Waals surface area (Å²) in [6.07, 6.45) is 1.13. The number of rotatable bonds is 6. The molecule has 0 saturated heterocycles. The molecule has 2 atom stereocenters. The van der Waals surface area contributed by atoms with E-state index in [1.807, 2.05) is 19.9 Å². The third kappa shape index (κ3) is 5.27. The number of hydrogen-bond donors (Lipinski definition) is 2. The van der Waals surface area contributed by atoms with Gasteiger partial charge in [-0.05, 0) is 37.0 Å². The van der Waals surface area contributed by atoms with Crippen LogP contribution in [0.1, 0.15) is 38.2 Å². The first-order chi connectivity index (χ1) is 8.49. The van der Waals surface area contributed by atoms with Crippen LogP contribution in [0, 0.1) is 5.82 Å². The Morgan fingerprint density at radius 1 is 1.44 bits per heavy atom. The maximum Gasteiger partial charge on any atom is 0.220 e. The molecule has 0 aliphatic heterocycles. The molecule has 0 saturated carbocycles. The lowest BCUT2D eigenvalue weighted by Crippen LogP contribution is -2.29. The second-order valence-corrected chi connectivity index (χ2v) is 4.78. The molecule has 1 aromatic carbocycles. The van der Waals surface area contributed by atoms with Crippen LogP contribution in [0.5, 0.6) is 0 Å². The summed E-state index contributed by atoms with van der Waals surface area (Å²) in [6.45, 7) is 4.41. The van der Waals surface area contributed by atoms with Crippen molar-refractivity contribution < 1.29 is 9.18 Å². The molecule has 0 bridgehead atoms. The number of carbonyl (C=O) groups is 1. The lowest BCUT2D eigenvalue weighted by Gasteiger charge is -2.12. The van der Waals surface area contributed by atoms with Crippen LogP contribution >= 0.6 is 0 Å². The summed E-state index contributed by atoms with van der Waals surface area (Å²) in [4.78, 5) is 11.6. The van der Waals surface area contributed by atoms with E-state index in [2.05, 4.69) is 5.32 Å². The van der Waals surface area contributed by atoms with E-state index in [9.17, 15) is 9.18 Å². The van der Waals surface area contributed by atoms with Gasteiger partial charge < -0.3 is 11.1 Å². The molecule has 100 valence electrons. The quantitative estimate of drug-likeness (QED) is 0.815. The zero-order valence-corrected chi connectivity index (χ0v) is 10.9. The van der Waals surface area contributed by atoms with E-state index >= 15 is 0 Å². The minimum atomic E-state index is -0.267. The summed E-state index contributed by atoms with van der Waals surface area (Å²) >= 11 is 0. The highest BCUT2D eigenvalue weighted by Crippen LogP contribution is 2.19. The maximum absolute atomic E-state index is 13.0. The van der Waals surface area contributed by atoms with Crippen LogP contribution < -0.4 is 11.1 Å². The second kappa shape index (κ2) is 7.11. The summed E-state index contributed by atoms with van der Waals surface area (Å²) in [6, 6.07) is 6.46. The van der Waals surface area contributed by atoms with Crippen molar-refractivity contribution in [3.05, 3.63) is 35.6 Å². The smallest absolute Gasteiger partial charge is 0.220 e. The Labute approximate surface area is 108 Å². The average molecular weight is 252 g/mol. The van der Waals surface area contributed by atoms with E-state index in [0.29, 0.717) is 13.0 Å². The number of nitrogens with one attached hydrogen (secondary N) is 1. The van der Waals surface area contributed by atoms with Crippen molar-refractivity contribution in [1.82, 2.24) is 5.32 Å². The molecule has 1 aromatic rings. The van der Waals surface area contributed by atoms with Crippen LogP contribution in [-0.4, -0.2) is 18.5 Å². The number of halogens is 1. The SMILES string of the molecule is CC(N)CCNC(=O)CC(C)c1cccc(F)c1. The Bertz CT molecular complexity index is 393. The molecule has 1 amide bonds. The topological polar surface area (TPSA) is 55.1 Å². The normalized spacial score (nSPS) is 14.0. The highest BCUT2D eigenvalue weighted by Gasteiger charge is 2.11. The van der Waals surface area contributed by atoms with Crippen LogP contribution in [0.4, 0.5) is 4.39 Å². The molecular weight excluding hydrogens is 231 g/mol. The molecular formula is C14H21FN2O. The fourth-order valence-electron chi connectivity index (χ4n) is 1.72. The summed E-state index contributed by atoms with van der Waals surface area (Å²) in [5.41, 5.74) is 6.44. The third-order valence-electron chi connectivity index (χ3n) is 2.83. The van der Waals surface area contributed by atoms with Gasteiger partial charge in [0.05, 0.1) is 0 Å². The van der Waals surface area contributed by atoms with Crippen LogP contribution in [0.15, 0.2) is 24.3 Å². The van der Waals surface area contributed by atoms with Gasteiger partial charge in [0.15, 0.2) is 0 Å². The van der Waals surface area contributed by atoms with E-state index in [4.69, 9.17) is 5.73 Å². The Morgan fingerprint density at radius 3 is 2.78 bits per heavy atom. The Kier molecular flexibility index (Phi) is 5.78. The summed E-state index contributed by atoms with van der Waals surface area (Å²) in [7, 11) is 0. The molecule has 0 aromatic heterocycles. The van der Waals surface area contributed by atoms with Crippen molar-refractivity contribution in [3.63, 3.8) is 0 Å². The first kappa shape index (κ1) is 14.6. The monoisotopic (exact) mass is 252 g/mol. The van der Waals surface area contributed by atoms with Gasteiger partial charge in [0.2, 0.25) is 5.91 Å². The predicted molar refractivity (Wildman–Crippen MR) is 70.7 cm³/mol. The fourth-order valence-corrected chi connectivity index (χ4v) is 1.72.